The fourth-order valence-corrected chi connectivity index (χ4v) is 9.01. The molecule has 0 amide bonds. The van der Waals surface area contributed by atoms with Crippen molar-refractivity contribution in [1.82, 2.24) is 0 Å². The zero-order valence-corrected chi connectivity index (χ0v) is 29.6. The van der Waals surface area contributed by atoms with E-state index in [1.807, 2.05) is 0 Å². The summed E-state index contributed by atoms with van der Waals surface area (Å²) < 4.78 is 0. The molecule has 11 rings (SSSR count). The van der Waals surface area contributed by atoms with Gasteiger partial charge in [-0.25, -0.2) is 0 Å². The van der Waals surface area contributed by atoms with Gasteiger partial charge in [-0.05, 0) is 127 Å². The maximum Gasteiger partial charge on any atom is -0.00262 e. The van der Waals surface area contributed by atoms with E-state index in [1.54, 1.807) is 0 Å². The highest BCUT2D eigenvalue weighted by Gasteiger charge is 2.18. The Balaban J connectivity index is 1.11. The van der Waals surface area contributed by atoms with Gasteiger partial charge in [-0.15, -0.1) is 0 Å². The first kappa shape index (κ1) is 30.6. The van der Waals surface area contributed by atoms with Crippen LogP contribution in [0.4, 0.5) is 0 Å². The average Bonchev–Trinajstić information content (AvgIpc) is 3.25. The molecule has 250 valence electrons. The van der Waals surface area contributed by atoms with Crippen molar-refractivity contribution in [1.29, 1.82) is 0 Å². The number of benzene rings is 11. The quantitative estimate of drug-likeness (QED) is 0.128. The van der Waals surface area contributed by atoms with Gasteiger partial charge >= 0.3 is 0 Å². The van der Waals surface area contributed by atoms with E-state index < -0.39 is 0 Å². The van der Waals surface area contributed by atoms with Gasteiger partial charge in [0.05, 0.1) is 0 Å². The van der Waals surface area contributed by atoms with Crippen LogP contribution in [-0.2, 0) is 0 Å². The first-order valence-electron chi connectivity index (χ1n) is 18.8. The Morgan fingerprint density at radius 1 is 0.185 bits per heavy atom. The van der Waals surface area contributed by atoms with Crippen molar-refractivity contribution in [2.24, 2.45) is 0 Å². The number of hydrogen-bond acceptors (Lipinski definition) is 0. The third-order valence-corrected chi connectivity index (χ3v) is 11.4. The fourth-order valence-electron chi connectivity index (χ4n) is 9.01. The molecule has 54 heavy (non-hydrogen) atoms. The summed E-state index contributed by atoms with van der Waals surface area (Å²) in [5.74, 6) is 0. The third-order valence-electron chi connectivity index (χ3n) is 11.4. The molecule has 0 unspecified atom stereocenters. The van der Waals surface area contributed by atoms with Crippen molar-refractivity contribution < 1.29 is 0 Å². The molecule has 11 aromatic rings. The lowest BCUT2D eigenvalue weighted by molar-refractivity contribution is 1.62. The third kappa shape index (κ3) is 4.78. The monoisotopic (exact) mass is 682 g/mol. The highest BCUT2D eigenvalue weighted by molar-refractivity contribution is 6.26. The average molecular weight is 683 g/mol. The number of rotatable bonds is 4. The van der Waals surface area contributed by atoms with Crippen LogP contribution in [0, 0.1) is 0 Å². The van der Waals surface area contributed by atoms with Gasteiger partial charge in [-0.3, -0.25) is 0 Å². The van der Waals surface area contributed by atoms with Crippen molar-refractivity contribution in [3.63, 3.8) is 0 Å². The van der Waals surface area contributed by atoms with Crippen LogP contribution in [0.2, 0.25) is 0 Å². The summed E-state index contributed by atoms with van der Waals surface area (Å²) in [6.07, 6.45) is 0. The molecule has 0 saturated carbocycles. The molecule has 0 nitrogen and oxygen atoms in total. The van der Waals surface area contributed by atoms with Crippen LogP contribution < -0.4 is 0 Å². The van der Waals surface area contributed by atoms with Crippen LogP contribution in [0.15, 0.2) is 206 Å². The molecule has 0 aliphatic heterocycles. The molecule has 0 spiro atoms. The van der Waals surface area contributed by atoms with Crippen LogP contribution in [0.1, 0.15) is 0 Å². The molecule has 0 radical (unpaired) electrons. The molecule has 0 N–H and O–H groups in total. The minimum absolute atomic E-state index is 1.21. The van der Waals surface area contributed by atoms with Gasteiger partial charge in [0.2, 0.25) is 0 Å². The lowest BCUT2D eigenvalue weighted by Gasteiger charge is -2.19. The van der Waals surface area contributed by atoms with E-state index in [-0.39, 0.29) is 0 Å². The molecule has 0 aliphatic carbocycles. The van der Waals surface area contributed by atoms with Gasteiger partial charge in [0.1, 0.15) is 0 Å². The minimum Gasteiger partial charge on any atom is -0.0616 e. The first-order valence-corrected chi connectivity index (χ1v) is 18.8. The van der Waals surface area contributed by atoms with Gasteiger partial charge in [-0.2, -0.15) is 0 Å². The van der Waals surface area contributed by atoms with E-state index in [4.69, 9.17) is 0 Å². The molecule has 0 heteroatoms. The highest BCUT2D eigenvalue weighted by atomic mass is 14.2. The standard InChI is InChI=1S/C54H34/c1-2-20-41-35(14-1)15-13-29-42(41)38-17-12-19-40(33-38)54-50-27-9-7-25-48(50)53(49-26-8-10-28-51(49)54)39-18-11-16-36(32-39)37-30-31-47-45-23-4-3-21-43(45)44-22-5-6-24-46(44)52(47)34-37/h1-34H. The van der Waals surface area contributed by atoms with Crippen LogP contribution in [0.5, 0.6) is 0 Å². The SMILES string of the molecule is c1cc(-c2ccc3c4ccccc4c4ccccc4c3c2)cc(-c2c3ccccc3c(-c3cccc(-c4cccc5ccccc45)c3)c3ccccc23)c1. The topological polar surface area (TPSA) is 0 Å². The summed E-state index contributed by atoms with van der Waals surface area (Å²) in [5, 5.41) is 15.3. The second kappa shape index (κ2) is 12.3. The summed E-state index contributed by atoms with van der Waals surface area (Å²) in [4.78, 5) is 0. The van der Waals surface area contributed by atoms with E-state index >= 15 is 0 Å². The van der Waals surface area contributed by atoms with E-state index in [0.29, 0.717) is 0 Å². The van der Waals surface area contributed by atoms with Gasteiger partial charge in [0.15, 0.2) is 0 Å². The molecule has 0 aliphatic rings. The molecule has 0 atom stereocenters. The van der Waals surface area contributed by atoms with Gasteiger partial charge < -0.3 is 0 Å². The molecular weight excluding hydrogens is 649 g/mol. The van der Waals surface area contributed by atoms with Crippen LogP contribution >= 0.6 is 0 Å². The summed E-state index contributed by atoms with van der Waals surface area (Å²) in [6.45, 7) is 0. The van der Waals surface area contributed by atoms with Gasteiger partial charge in [-0.1, -0.05) is 188 Å². The smallest absolute Gasteiger partial charge is 0.00262 e. The van der Waals surface area contributed by atoms with Crippen LogP contribution in [0.3, 0.4) is 0 Å². The van der Waals surface area contributed by atoms with Gasteiger partial charge in [0.25, 0.3) is 0 Å². The summed E-state index contributed by atoms with van der Waals surface area (Å²) in [6, 6.07) is 76.1. The Labute approximate surface area is 314 Å². The van der Waals surface area contributed by atoms with Gasteiger partial charge in [0, 0.05) is 0 Å². The van der Waals surface area contributed by atoms with Crippen molar-refractivity contribution >= 4 is 64.6 Å². The first-order chi connectivity index (χ1) is 26.8. The largest absolute Gasteiger partial charge is 0.0616 e. The Morgan fingerprint density at radius 3 is 1.13 bits per heavy atom. The fraction of sp³-hybridized carbons (Fsp3) is 0. The molecule has 0 fully saturated rings. The maximum absolute atomic E-state index is 2.39. The molecule has 0 saturated heterocycles. The normalized spacial score (nSPS) is 11.7. The molecule has 0 aromatic heterocycles. The van der Waals surface area contributed by atoms with Crippen molar-refractivity contribution in [3.8, 4) is 44.5 Å². The lowest BCUT2D eigenvalue weighted by Crippen LogP contribution is -1.92. The summed E-state index contributed by atoms with van der Waals surface area (Å²) in [5.41, 5.74) is 9.92. The number of hydrogen-bond donors (Lipinski definition) is 0. The predicted molar refractivity (Wildman–Crippen MR) is 233 cm³/mol. The van der Waals surface area contributed by atoms with Crippen LogP contribution in [-0.4, -0.2) is 0 Å². The van der Waals surface area contributed by atoms with E-state index in [0.717, 1.165) is 0 Å². The van der Waals surface area contributed by atoms with E-state index in [1.165, 1.54) is 109 Å². The van der Waals surface area contributed by atoms with Crippen molar-refractivity contribution in [2.45, 2.75) is 0 Å². The van der Waals surface area contributed by atoms with E-state index in [2.05, 4.69) is 206 Å². The summed E-state index contributed by atoms with van der Waals surface area (Å²) >= 11 is 0. The Bertz CT molecular complexity index is 3180. The molecule has 0 bridgehead atoms. The minimum atomic E-state index is 1.21. The zero-order chi connectivity index (χ0) is 35.6. The Hall–Kier alpha value is -7.02. The van der Waals surface area contributed by atoms with Crippen molar-refractivity contribution in [3.05, 3.63) is 206 Å². The predicted octanol–water partition coefficient (Wildman–Crippen LogP) is 15.3. The highest BCUT2D eigenvalue weighted by Crippen LogP contribution is 2.45. The Morgan fingerprint density at radius 2 is 0.556 bits per heavy atom. The lowest BCUT2D eigenvalue weighted by atomic mass is 9.84. The van der Waals surface area contributed by atoms with E-state index in [9.17, 15) is 0 Å². The summed E-state index contributed by atoms with van der Waals surface area (Å²) in [7, 11) is 0. The second-order valence-electron chi connectivity index (χ2n) is 14.4. The zero-order valence-electron chi connectivity index (χ0n) is 29.6. The number of fused-ring (bicyclic) bond motifs is 9. The molecule has 0 heterocycles. The molecule has 11 aromatic carbocycles. The molecular formula is C54H34. The Kier molecular flexibility index (Phi) is 6.97. The maximum atomic E-state index is 2.39. The van der Waals surface area contributed by atoms with Crippen LogP contribution in [0.25, 0.3) is 109 Å². The van der Waals surface area contributed by atoms with Crippen molar-refractivity contribution in [2.75, 3.05) is 0 Å². The second-order valence-corrected chi connectivity index (χ2v) is 14.4.